The Morgan fingerprint density at radius 1 is 1.44 bits per heavy atom. The van der Waals surface area contributed by atoms with Gasteiger partial charge in [0.1, 0.15) is 0 Å². The number of carboxylic acid groups (broad SMARTS) is 1. The molecule has 0 bridgehead atoms. The standard InChI is InChI=1S/C12H14N2O2/c1-14(9-12(15)16)8-11-5-3-2-4-10(11)6-7-13/h2-5H,6,8-9H2,1H3,(H,15,16). The van der Waals surface area contributed by atoms with E-state index in [0.717, 1.165) is 11.1 Å². The van der Waals surface area contributed by atoms with Crippen molar-refractivity contribution in [3.05, 3.63) is 35.4 Å². The Labute approximate surface area is 94.7 Å². The minimum atomic E-state index is -0.847. The Hall–Kier alpha value is -1.86. The molecule has 0 spiro atoms. The van der Waals surface area contributed by atoms with E-state index in [4.69, 9.17) is 10.4 Å². The summed E-state index contributed by atoms with van der Waals surface area (Å²) in [5, 5.41) is 17.3. The normalized spacial score (nSPS) is 10.1. The van der Waals surface area contributed by atoms with Gasteiger partial charge in [-0.2, -0.15) is 5.26 Å². The molecule has 0 aromatic heterocycles. The summed E-state index contributed by atoms with van der Waals surface area (Å²) in [6.07, 6.45) is 0.358. The van der Waals surface area contributed by atoms with Crippen molar-refractivity contribution < 1.29 is 9.90 Å². The lowest BCUT2D eigenvalue weighted by Gasteiger charge is -2.15. The van der Waals surface area contributed by atoms with Crippen molar-refractivity contribution in [3.8, 4) is 6.07 Å². The van der Waals surface area contributed by atoms with Crippen LogP contribution in [-0.2, 0) is 17.8 Å². The van der Waals surface area contributed by atoms with Gasteiger partial charge in [0.2, 0.25) is 0 Å². The molecule has 0 saturated heterocycles. The van der Waals surface area contributed by atoms with Crippen LogP contribution in [0.5, 0.6) is 0 Å². The average Bonchev–Trinajstić information content (AvgIpc) is 2.20. The molecule has 1 aromatic rings. The summed E-state index contributed by atoms with van der Waals surface area (Å²) in [5.41, 5.74) is 1.97. The molecule has 0 fully saturated rings. The third-order valence-electron chi connectivity index (χ3n) is 2.23. The van der Waals surface area contributed by atoms with Gasteiger partial charge in [-0.3, -0.25) is 9.69 Å². The maximum Gasteiger partial charge on any atom is 0.317 e. The molecule has 0 atom stereocenters. The Kier molecular flexibility index (Phi) is 4.49. The van der Waals surface area contributed by atoms with E-state index in [1.165, 1.54) is 0 Å². The van der Waals surface area contributed by atoms with Crippen LogP contribution in [-0.4, -0.2) is 29.6 Å². The SMILES string of the molecule is CN(CC(=O)O)Cc1ccccc1CC#N. The first-order valence-electron chi connectivity index (χ1n) is 4.97. The van der Waals surface area contributed by atoms with Crippen molar-refractivity contribution in [1.82, 2.24) is 4.90 Å². The number of aliphatic carboxylic acids is 1. The van der Waals surface area contributed by atoms with Crippen molar-refractivity contribution in [2.45, 2.75) is 13.0 Å². The molecule has 0 saturated carbocycles. The van der Waals surface area contributed by atoms with Gasteiger partial charge in [0.15, 0.2) is 0 Å². The molecule has 16 heavy (non-hydrogen) atoms. The Bertz CT molecular complexity index is 410. The second-order valence-electron chi connectivity index (χ2n) is 3.67. The van der Waals surface area contributed by atoms with Gasteiger partial charge in [0, 0.05) is 6.54 Å². The van der Waals surface area contributed by atoms with Crippen LogP contribution in [0.1, 0.15) is 11.1 Å². The van der Waals surface area contributed by atoms with E-state index in [2.05, 4.69) is 6.07 Å². The number of carbonyl (C=O) groups is 1. The second-order valence-corrected chi connectivity index (χ2v) is 3.67. The summed E-state index contributed by atoms with van der Waals surface area (Å²) >= 11 is 0. The fourth-order valence-corrected chi connectivity index (χ4v) is 1.55. The van der Waals surface area contributed by atoms with Crippen molar-refractivity contribution in [1.29, 1.82) is 5.26 Å². The molecule has 0 aliphatic rings. The van der Waals surface area contributed by atoms with E-state index < -0.39 is 5.97 Å². The van der Waals surface area contributed by atoms with Gasteiger partial charge in [-0.25, -0.2) is 0 Å². The van der Waals surface area contributed by atoms with Crippen LogP contribution in [0, 0.1) is 11.3 Å². The van der Waals surface area contributed by atoms with E-state index in [1.807, 2.05) is 24.3 Å². The van der Waals surface area contributed by atoms with Crippen LogP contribution in [0.15, 0.2) is 24.3 Å². The summed E-state index contributed by atoms with van der Waals surface area (Å²) in [6.45, 7) is 0.547. The summed E-state index contributed by atoms with van der Waals surface area (Å²) in [5.74, 6) is -0.847. The third-order valence-corrected chi connectivity index (χ3v) is 2.23. The molecule has 0 amide bonds. The quantitative estimate of drug-likeness (QED) is 0.808. The molecule has 0 unspecified atom stereocenters. The third kappa shape index (κ3) is 3.71. The highest BCUT2D eigenvalue weighted by molar-refractivity contribution is 5.69. The minimum Gasteiger partial charge on any atom is -0.480 e. The number of hydrogen-bond donors (Lipinski definition) is 1. The number of likely N-dealkylation sites (N-methyl/N-ethyl adjacent to an activating group) is 1. The molecule has 4 nitrogen and oxygen atoms in total. The molecular formula is C12H14N2O2. The van der Waals surface area contributed by atoms with Crippen LogP contribution in [0.4, 0.5) is 0 Å². The number of benzene rings is 1. The first-order chi connectivity index (χ1) is 7.63. The number of hydrogen-bond acceptors (Lipinski definition) is 3. The molecule has 0 radical (unpaired) electrons. The number of nitriles is 1. The summed E-state index contributed by atoms with van der Waals surface area (Å²) < 4.78 is 0. The number of carboxylic acids is 1. The maximum atomic E-state index is 10.5. The highest BCUT2D eigenvalue weighted by atomic mass is 16.4. The predicted molar refractivity (Wildman–Crippen MR) is 59.7 cm³/mol. The van der Waals surface area contributed by atoms with Gasteiger partial charge >= 0.3 is 5.97 Å². The molecule has 0 aliphatic heterocycles. The van der Waals surface area contributed by atoms with Crippen LogP contribution in [0.3, 0.4) is 0 Å². The van der Waals surface area contributed by atoms with Crippen LogP contribution >= 0.6 is 0 Å². The van der Waals surface area contributed by atoms with Crippen molar-refractivity contribution in [2.75, 3.05) is 13.6 Å². The summed E-state index contributed by atoms with van der Waals surface area (Å²) in [7, 11) is 1.75. The molecular weight excluding hydrogens is 204 g/mol. The molecule has 1 rings (SSSR count). The van der Waals surface area contributed by atoms with E-state index >= 15 is 0 Å². The number of rotatable bonds is 5. The fraction of sp³-hybridized carbons (Fsp3) is 0.333. The Balaban J connectivity index is 2.72. The minimum absolute atomic E-state index is 0.000881. The second kappa shape index (κ2) is 5.89. The maximum absolute atomic E-state index is 10.5. The Morgan fingerprint density at radius 3 is 2.62 bits per heavy atom. The van der Waals surface area contributed by atoms with Gasteiger partial charge in [-0.05, 0) is 18.2 Å². The zero-order valence-electron chi connectivity index (χ0n) is 9.18. The molecule has 0 heterocycles. The van der Waals surface area contributed by atoms with Crippen LogP contribution in [0.2, 0.25) is 0 Å². The topological polar surface area (TPSA) is 64.3 Å². The van der Waals surface area contributed by atoms with E-state index in [9.17, 15) is 4.79 Å². The zero-order chi connectivity index (χ0) is 12.0. The van der Waals surface area contributed by atoms with Gasteiger partial charge < -0.3 is 5.11 Å². The highest BCUT2D eigenvalue weighted by Crippen LogP contribution is 2.11. The lowest BCUT2D eigenvalue weighted by atomic mass is 10.0. The largest absolute Gasteiger partial charge is 0.480 e. The molecule has 4 heteroatoms. The molecule has 0 aliphatic carbocycles. The Morgan fingerprint density at radius 2 is 2.06 bits per heavy atom. The van der Waals surface area contributed by atoms with Crippen molar-refractivity contribution in [2.24, 2.45) is 0 Å². The van der Waals surface area contributed by atoms with Crippen LogP contribution in [0.25, 0.3) is 0 Å². The highest BCUT2D eigenvalue weighted by Gasteiger charge is 2.07. The monoisotopic (exact) mass is 218 g/mol. The molecule has 1 N–H and O–H groups in total. The molecule has 1 aromatic carbocycles. The molecule has 84 valence electrons. The van der Waals surface area contributed by atoms with E-state index in [1.54, 1.807) is 11.9 Å². The number of nitrogens with zero attached hydrogens (tertiary/aromatic N) is 2. The van der Waals surface area contributed by atoms with E-state index in [-0.39, 0.29) is 6.54 Å². The van der Waals surface area contributed by atoms with Gasteiger partial charge in [0.25, 0.3) is 0 Å². The van der Waals surface area contributed by atoms with Crippen molar-refractivity contribution >= 4 is 5.97 Å². The van der Waals surface area contributed by atoms with Crippen molar-refractivity contribution in [3.63, 3.8) is 0 Å². The summed E-state index contributed by atoms with van der Waals surface area (Å²) in [6, 6.07) is 9.70. The van der Waals surface area contributed by atoms with Gasteiger partial charge in [-0.15, -0.1) is 0 Å². The smallest absolute Gasteiger partial charge is 0.317 e. The van der Waals surface area contributed by atoms with Crippen LogP contribution < -0.4 is 0 Å². The lowest BCUT2D eigenvalue weighted by molar-refractivity contribution is -0.138. The van der Waals surface area contributed by atoms with Gasteiger partial charge in [0.05, 0.1) is 19.0 Å². The first-order valence-corrected chi connectivity index (χ1v) is 4.97. The van der Waals surface area contributed by atoms with E-state index in [0.29, 0.717) is 13.0 Å². The lowest BCUT2D eigenvalue weighted by Crippen LogP contribution is -2.25. The fourth-order valence-electron chi connectivity index (χ4n) is 1.55. The predicted octanol–water partition coefficient (Wildman–Crippen LogP) is 1.27. The van der Waals surface area contributed by atoms with Gasteiger partial charge in [-0.1, -0.05) is 24.3 Å². The summed E-state index contributed by atoms with van der Waals surface area (Å²) in [4.78, 5) is 12.2. The average molecular weight is 218 g/mol. The zero-order valence-corrected chi connectivity index (χ0v) is 9.18. The first kappa shape index (κ1) is 12.2.